The molecule has 0 aromatic heterocycles. The fraction of sp³-hybridized carbons (Fsp3) is 0.364. The number of halogens is 1. The number of hydrogen-bond donors (Lipinski definition) is 1. The molecule has 0 heterocycles. The predicted molar refractivity (Wildman–Crippen MR) is 65.3 cm³/mol. The van der Waals surface area contributed by atoms with E-state index in [2.05, 4.69) is 5.32 Å². The van der Waals surface area contributed by atoms with Gasteiger partial charge in [-0.2, -0.15) is 0 Å². The van der Waals surface area contributed by atoms with Gasteiger partial charge in [0.15, 0.2) is 0 Å². The summed E-state index contributed by atoms with van der Waals surface area (Å²) >= 11 is 5.83. The number of nitrogens with one attached hydrogen (secondary N) is 1. The fourth-order valence-corrected chi connectivity index (χ4v) is 1.47. The van der Waals surface area contributed by atoms with E-state index in [1.807, 2.05) is 13.8 Å². The summed E-state index contributed by atoms with van der Waals surface area (Å²) < 4.78 is 0. The Morgan fingerprint density at radius 1 is 1.59 bits per heavy atom. The van der Waals surface area contributed by atoms with Crippen molar-refractivity contribution in [1.29, 1.82) is 0 Å². The average Bonchev–Trinajstić information content (AvgIpc) is 2.28. The predicted octanol–water partition coefficient (Wildman–Crippen LogP) is 2.78. The molecule has 1 aromatic carbocycles. The molecule has 0 bridgehead atoms. The summed E-state index contributed by atoms with van der Waals surface area (Å²) in [5.41, 5.74) is 0.118. The van der Waals surface area contributed by atoms with Crippen LogP contribution in [0.5, 0.6) is 0 Å². The molecule has 0 spiro atoms. The number of nitrogens with zero attached hydrogens (tertiary/aromatic N) is 1. The molecule has 1 rings (SSSR count). The summed E-state index contributed by atoms with van der Waals surface area (Å²) in [7, 11) is 0. The molecule has 1 aromatic rings. The van der Waals surface area contributed by atoms with Crippen molar-refractivity contribution in [3.05, 3.63) is 38.9 Å². The van der Waals surface area contributed by atoms with E-state index in [1.165, 1.54) is 18.2 Å². The van der Waals surface area contributed by atoms with Crippen LogP contribution >= 0.6 is 11.6 Å². The third-order valence-electron chi connectivity index (χ3n) is 2.40. The molecular weight excluding hydrogens is 244 g/mol. The van der Waals surface area contributed by atoms with Gasteiger partial charge in [-0.05, 0) is 19.4 Å². The number of nitro benzene ring substituents is 1. The van der Waals surface area contributed by atoms with E-state index in [9.17, 15) is 14.9 Å². The average molecular weight is 257 g/mol. The number of rotatable bonds is 4. The third-order valence-corrected chi connectivity index (χ3v) is 2.71. The Morgan fingerprint density at radius 2 is 2.24 bits per heavy atom. The first-order chi connectivity index (χ1) is 7.95. The summed E-state index contributed by atoms with van der Waals surface area (Å²) in [6.07, 6.45) is 0.802. The van der Waals surface area contributed by atoms with Crippen LogP contribution in [0, 0.1) is 10.1 Å². The van der Waals surface area contributed by atoms with Gasteiger partial charge in [-0.25, -0.2) is 0 Å². The van der Waals surface area contributed by atoms with E-state index in [0.717, 1.165) is 6.42 Å². The van der Waals surface area contributed by atoms with Crippen molar-refractivity contribution in [3.63, 3.8) is 0 Å². The van der Waals surface area contributed by atoms with E-state index >= 15 is 0 Å². The second-order valence-electron chi connectivity index (χ2n) is 3.70. The zero-order chi connectivity index (χ0) is 13.0. The lowest BCUT2D eigenvalue weighted by Crippen LogP contribution is -2.32. The number of amides is 1. The lowest BCUT2D eigenvalue weighted by molar-refractivity contribution is -0.384. The molecule has 0 saturated carbocycles. The Balaban J connectivity index is 2.92. The molecule has 0 aliphatic carbocycles. The van der Waals surface area contributed by atoms with Crippen LogP contribution in [0.2, 0.25) is 5.02 Å². The summed E-state index contributed by atoms with van der Waals surface area (Å²) in [5, 5.41) is 13.3. The molecule has 1 atom stereocenters. The normalized spacial score (nSPS) is 11.9. The molecule has 0 aliphatic rings. The van der Waals surface area contributed by atoms with E-state index in [1.54, 1.807) is 0 Å². The molecule has 0 unspecified atom stereocenters. The minimum Gasteiger partial charge on any atom is -0.350 e. The van der Waals surface area contributed by atoms with Gasteiger partial charge in [0.2, 0.25) is 0 Å². The second kappa shape index (κ2) is 5.63. The Morgan fingerprint density at radius 3 is 2.71 bits per heavy atom. The van der Waals surface area contributed by atoms with Gasteiger partial charge in [0.1, 0.15) is 0 Å². The van der Waals surface area contributed by atoms with Gasteiger partial charge in [-0.15, -0.1) is 0 Å². The molecule has 0 saturated heterocycles. The number of hydrogen-bond acceptors (Lipinski definition) is 3. The molecule has 0 fully saturated rings. The highest BCUT2D eigenvalue weighted by atomic mass is 35.5. The van der Waals surface area contributed by atoms with Crippen molar-refractivity contribution in [1.82, 2.24) is 5.32 Å². The van der Waals surface area contributed by atoms with Gasteiger partial charge >= 0.3 is 0 Å². The van der Waals surface area contributed by atoms with Gasteiger partial charge in [0.05, 0.1) is 15.5 Å². The van der Waals surface area contributed by atoms with E-state index < -0.39 is 4.92 Å². The van der Waals surface area contributed by atoms with E-state index in [-0.39, 0.29) is 28.2 Å². The van der Waals surface area contributed by atoms with Crippen LogP contribution in [0.4, 0.5) is 5.69 Å². The van der Waals surface area contributed by atoms with Crippen LogP contribution < -0.4 is 5.32 Å². The van der Waals surface area contributed by atoms with Crippen molar-refractivity contribution in [2.45, 2.75) is 26.3 Å². The molecule has 5 nitrogen and oxygen atoms in total. The van der Waals surface area contributed by atoms with Crippen LogP contribution in [0.15, 0.2) is 18.2 Å². The lowest BCUT2D eigenvalue weighted by atomic mass is 10.1. The summed E-state index contributed by atoms with van der Waals surface area (Å²) in [6.45, 7) is 3.82. The van der Waals surface area contributed by atoms with Gasteiger partial charge in [-0.1, -0.05) is 18.5 Å². The highest BCUT2D eigenvalue weighted by Gasteiger charge is 2.15. The van der Waals surface area contributed by atoms with E-state index in [0.29, 0.717) is 0 Å². The number of benzene rings is 1. The maximum absolute atomic E-state index is 11.8. The van der Waals surface area contributed by atoms with Crippen LogP contribution in [0.1, 0.15) is 30.6 Å². The van der Waals surface area contributed by atoms with Crippen molar-refractivity contribution in [2.24, 2.45) is 0 Å². The first-order valence-electron chi connectivity index (χ1n) is 5.20. The van der Waals surface area contributed by atoms with Gasteiger partial charge < -0.3 is 5.32 Å². The van der Waals surface area contributed by atoms with Crippen molar-refractivity contribution in [3.8, 4) is 0 Å². The minimum absolute atomic E-state index is 0.0359. The monoisotopic (exact) mass is 256 g/mol. The van der Waals surface area contributed by atoms with E-state index in [4.69, 9.17) is 11.6 Å². The minimum atomic E-state index is -0.553. The maximum atomic E-state index is 11.8. The first-order valence-corrected chi connectivity index (χ1v) is 5.58. The van der Waals surface area contributed by atoms with Crippen molar-refractivity contribution >= 4 is 23.2 Å². The van der Waals surface area contributed by atoms with Crippen molar-refractivity contribution < 1.29 is 9.72 Å². The maximum Gasteiger partial charge on any atom is 0.270 e. The smallest absolute Gasteiger partial charge is 0.270 e. The Labute approximate surface area is 104 Å². The molecule has 1 N–H and O–H groups in total. The van der Waals surface area contributed by atoms with Crippen LogP contribution in [0.3, 0.4) is 0 Å². The van der Waals surface area contributed by atoms with Gasteiger partial charge in [0, 0.05) is 18.2 Å². The molecule has 6 heteroatoms. The number of carbonyl (C=O) groups is 1. The zero-order valence-corrected chi connectivity index (χ0v) is 10.3. The Bertz CT molecular complexity index is 448. The van der Waals surface area contributed by atoms with Crippen LogP contribution in [-0.4, -0.2) is 16.9 Å². The number of carbonyl (C=O) groups excluding carboxylic acids is 1. The molecule has 0 radical (unpaired) electrons. The van der Waals surface area contributed by atoms with Crippen molar-refractivity contribution in [2.75, 3.05) is 0 Å². The third kappa shape index (κ3) is 3.42. The summed E-state index contributed by atoms with van der Waals surface area (Å²) in [6, 6.07) is 3.83. The fourth-order valence-electron chi connectivity index (χ4n) is 1.21. The second-order valence-corrected chi connectivity index (χ2v) is 4.11. The quantitative estimate of drug-likeness (QED) is 0.665. The highest BCUT2D eigenvalue weighted by Crippen LogP contribution is 2.22. The van der Waals surface area contributed by atoms with Gasteiger partial charge in [0.25, 0.3) is 11.6 Å². The Hall–Kier alpha value is -1.62. The highest BCUT2D eigenvalue weighted by molar-refractivity contribution is 6.34. The number of non-ortho nitro benzene ring substituents is 1. The SMILES string of the molecule is CC[C@@H](C)NC(=O)c1ccc([N+](=O)[O-])cc1Cl. The van der Waals surface area contributed by atoms with Gasteiger partial charge in [-0.3, -0.25) is 14.9 Å². The molecule has 1 amide bonds. The molecular formula is C11H13ClN2O3. The lowest BCUT2D eigenvalue weighted by Gasteiger charge is -2.11. The largest absolute Gasteiger partial charge is 0.350 e. The zero-order valence-electron chi connectivity index (χ0n) is 9.57. The molecule has 92 valence electrons. The van der Waals surface area contributed by atoms with Crippen LogP contribution in [-0.2, 0) is 0 Å². The standard InChI is InChI=1S/C11H13ClN2O3/c1-3-7(2)13-11(15)9-5-4-8(14(16)17)6-10(9)12/h4-7H,3H2,1-2H3,(H,13,15)/t7-/m1/s1. The molecule has 0 aliphatic heterocycles. The summed E-state index contributed by atoms with van der Waals surface area (Å²) in [4.78, 5) is 21.7. The summed E-state index contributed by atoms with van der Waals surface area (Å²) in [5.74, 6) is -0.320. The molecule has 17 heavy (non-hydrogen) atoms. The first kappa shape index (κ1) is 13.4. The Kier molecular flexibility index (Phi) is 4.45. The van der Waals surface area contributed by atoms with Crippen LogP contribution in [0.25, 0.3) is 0 Å². The topological polar surface area (TPSA) is 72.2 Å². The number of nitro groups is 1.